The van der Waals surface area contributed by atoms with Crippen molar-refractivity contribution in [3.05, 3.63) is 101 Å². The number of aromatic nitrogens is 1. The Bertz CT molecular complexity index is 1210. The number of aryl methyl sites for hydroxylation is 2. The van der Waals surface area contributed by atoms with Crippen LogP contribution >= 0.6 is 0 Å². The van der Waals surface area contributed by atoms with Crippen LogP contribution in [0.5, 0.6) is 11.5 Å². The van der Waals surface area contributed by atoms with Crippen LogP contribution in [0.4, 0.5) is 0 Å². The fraction of sp³-hybridized carbons (Fsp3) is 0.185. The van der Waals surface area contributed by atoms with Gasteiger partial charge in [-0.05, 0) is 72.7 Å². The Morgan fingerprint density at radius 3 is 2.44 bits per heavy atom. The smallest absolute Gasteiger partial charge is 0.273 e. The van der Waals surface area contributed by atoms with Gasteiger partial charge in [-0.3, -0.25) is 4.79 Å². The van der Waals surface area contributed by atoms with Crippen LogP contribution in [-0.4, -0.2) is 11.1 Å². The van der Waals surface area contributed by atoms with Crippen molar-refractivity contribution in [2.75, 3.05) is 0 Å². The average molecular weight is 425 g/mol. The highest BCUT2D eigenvalue weighted by Crippen LogP contribution is 2.28. The molecule has 0 unspecified atom stereocenters. The molecular weight excluding hydrogens is 400 g/mol. The second-order valence-electron chi connectivity index (χ2n) is 8.01. The van der Waals surface area contributed by atoms with Gasteiger partial charge in [-0.25, -0.2) is 0 Å². The van der Waals surface area contributed by atoms with Gasteiger partial charge in [0.2, 0.25) is 0 Å². The highest BCUT2D eigenvalue weighted by atomic mass is 16.5. The lowest BCUT2D eigenvalue weighted by molar-refractivity contribution is 0.0942. The Labute approximate surface area is 187 Å². The molecule has 4 aromatic rings. The summed E-state index contributed by atoms with van der Waals surface area (Å²) < 4.78 is 11.3. The number of benzene rings is 3. The van der Waals surface area contributed by atoms with Gasteiger partial charge in [-0.1, -0.05) is 47.6 Å². The molecule has 0 saturated heterocycles. The zero-order valence-corrected chi connectivity index (χ0v) is 17.7. The molecule has 1 aliphatic carbocycles. The third-order valence-corrected chi connectivity index (χ3v) is 5.73. The van der Waals surface area contributed by atoms with Gasteiger partial charge >= 0.3 is 0 Å². The highest BCUT2D eigenvalue weighted by molar-refractivity contribution is 5.93. The summed E-state index contributed by atoms with van der Waals surface area (Å²) in [6, 6.07) is 25.3. The maximum absolute atomic E-state index is 12.5. The Morgan fingerprint density at radius 2 is 1.62 bits per heavy atom. The number of amides is 1. The standard InChI is InChI=1S/C27H24N2O3/c30-27(28-18-19-10-14-24(15-11-19)31-23-8-2-1-3-9-23)25-17-26(32-29-25)22-13-12-20-6-4-5-7-21(20)16-22/h1-3,8-17H,4-7,18H2,(H,28,30). The molecule has 0 bridgehead atoms. The molecule has 1 aliphatic rings. The Hall–Kier alpha value is -3.86. The summed E-state index contributed by atoms with van der Waals surface area (Å²) in [7, 11) is 0. The molecule has 0 atom stereocenters. The van der Waals surface area contributed by atoms with E-state index in [1.165, 1.54) is 24.0 Å². The van der Waals surface area contributed by atoms with Crippen LogP contribution in [0.25, 0.3) is 11.3 Å². The Morgan fingerprint density at radius 1 is 0.875 bits per heavy atom. The number of nitrogens with one attached hydrogen (secondary N) is 1. The number of rotatable bonds is 6. The summed E-state index contributed by atoms with van der Waals surface area (Å²) in [5, 5.41) is 6.87. The largest absolute Gasteiger partial charge is 0.457 e. The maximum atomic E-state index is 12.5. The number of carbonyl (C=O) groups excluding carboxylic acids is 1. The minimum absolute atomic E-state index is 0.262. The van der Waals surface area contributed by atoms with E-state index in [0.717, 1.165) is 35.5 Å². The molecule has 3 aromatic carbocycles. The van der Waals surface area contributed by atoms with Crippen molar-refractivity contribution in [3.8, 4) is 22.8 Å². The summed E-state index contributed by atoms with van der Waals surface area (Å²) in [6.07, 6.45) is 4.71. The van der Waals surface area contributed by atoms with E-state index in [4.69, 9.17) is 9.26 Å². The van der Waals surface area contributed by atoms with Gasteiger partial charge < -0.3 is 14.6 Å². The molecule has 0 spiro atoms. The van der Waals surface area contributed by atoms with Crippen LogP contribution in [0.2, 0.25) is 0 Å². The van der Waals surface area contributed by atoms with Crippen LogP contribution in [0.3, 0.4) is 0 Å². The zero-order valence-electron chi connectivity index (χ0n) is 17.7. The number of hydrogen-bond acceptors (Lipinski definition) is 4. The van der Waals surface area contributed by atoms with Crippen LogP contribution in [0.1, 0.15) is 40.0 Å². The molecule has 1 heterocycles. The molecule has 1 amide bonds. The number of carbonyl (C=O) groups is 1. The SMILES string of the molecule is O=C(NCc1ccc(Oc2ccccc2)cc1)c1cc(-c2ccc3c(c2)CCCC3)on1. The fourth-order valence-electron chi connectivity index (χ4n) is 3.98. The van der Waals surface area contributed by atoms with E-state index in [-0.39, 0.29) is 11.6 Å². The van der Waals surface area contributed by atoms with Gasteiger partial charge in [-0.2, -0.15) is 0 Å². The second kappa shape index (κ2) is 9.10. The van der Waals surface area contributed by atoms with E-state index in [0.29, 0.717) is 12.3 Å². The molecule has 0 fully saturated rings. The van der Waals surface area contributed by atoms with Gasteiger partial charge in [0.1, 0.15) is 11.5 Å². The third kappa shape index (κ3) is 4.57. The monoisotopic (exact) mass is 424 g/mol. The van der Waals surface area contributed by atoms with Gasteiger partial charge in [0.15, 0.2) is 11.5 Å². The van der Waals surface area contributed by atoms with Crippen molar-refractivity contribution in [3.63, 3.8) is 0 Å². The van der Waals surface area contributed by atoms with Crippen LogP contribution in [0, 0.1) is 0 Å². The van der Waals surface area contributed by atoms with E-state index in [1.54, 1.807) is 6.07 Å². The van der Waals surface area contributed by atoms with E-state index < -0.39 is 0 Å². The zero-order chi connectivity index (χ0) is 21.8. The first-order valence-electron chi connectivity index (χ1n) is 10.9. The molecule has 5 nitrogen and oxygen atoms in total. The van der Waals surface area contributed by atoms with Crippen LogP contribution in [0.15, 0.2) is 83.4 Å². The number of hydrogen-bond donors (Lipinski definition) is 1. The van der Waals surface area contributed by atoms with Gasteiger partial charge in [-0.15, -0.1) is 0 Å². The van der Waals surface area contributed by atoms with Gasteiger partial charge in [0.25, 0.3) is 5.91 Å². The van der Waals surface area contributed by atoms with Gasteiger partial charge in [0, 0.05) is 18.2 Å². The lowest BCUT2D eigenvalue weighted by Crippen LogP contribution is -2.22. The third-order valence-electron chi connectivity index (χ3n) is 5.73. The van der Waals surface area contributed by atoms with E-state index in [2.05, 4.69) is 22.6 Å². The number of para-hydroxylation sites is 1. The lowest BCUT2D eigenvalue weighted by atomic mass is 9.90. The summed E-state index contributed by atoms with van der Waals surface area (Å²) >= 11 is 0. The average Bonchev–Trinajstić information content (AvgIpc) is 3.34. The van der Waals surface area contributed by atoms with Crippen molar-refractivity contribution in [2.45, 2.75) is 32.2 Å². The van der Waals surface area contributed by atoms with Crippen molar-refractivity contribution in [1.29, 1.82) is 0 Å². The predicted octanol–water partition coefficient (Wildman–Crippen LogP) is 5.94. The van der Waals surface area contributed by atoms with Crippen molar-refractivity contribution in [1.82, 2.24) is 10.5 Å². The highest BCUT2D eigenvalue weighted by Gasteiger charge is 2.16. The fourth-order valence-corrected chi connectivity index (χ4v) is 3.98. The number of ether oxygens (including phenoxy) is 1. The first-order valence-corrected chi connectivity index (χ1v) is 10.9. The molecule has 160 valence electrons. The van der Waals surface area contributed by atoms with E-state index in [9.17, 15) is 4.79 Å². The second-order valence-corrected chi connectivity index (χ2v) is 8.01. The normalized spacial score (nSPS) is 12.8. The summed E-state index contributed by atoms with van der Waals surface area (Å²) in [4.78, 5) is 12.5. The summed E-state index contributed by atoms with van der Waals surface area (Å²) in [5.74, 6) is 1.89. The Balaban J connectivity index is 1.19. The molecule has 5 rings (SSSR count). The predicted molar refractivity (Wildman–Crippen MR) is 123 cm³/mol. The molecule has 1 N–H and O–H groups in total. The number of fused-ring (bicyclic) bond motifs is 1. The molecule has 5 heteroatoms. The van der Waals surface area contributed by atoms with Crippen LogP contribution < -0.4 is 10.1 Å². The topological polar surface area (TPSA) is 64.4 Å². The first kappa shape index (κ1) is 20.1. The van der Waals surface area contributed by atoms with Crippen molar-refractivity contribution in [2.24, 2.45) is 0 Å². The minimum Gasteiger partial charge on any atom is -0.457 e. The van der Waals surface area contributed by atoms with E-state index >= 15 is 0 Å². The summed E-state index contributed by atoms with van der Waals surface area (Å²) in [5.41, 5.74) is 5.00. The minimum atomic E-state index is -0.262. The molecule has 0 radical (unpaired) electrons. The first-order chi connectivity index (χ1) is 15.7. The van der Waals surface area contributed by atoms with Gasteiger partial charge in [0.05, 0.1) is 0 Å². The lowest BCUT2D eigenvalue weighted by Gasteiger charge is -2.15. The van der Waals surface area contributed by atoms with Crippen LogP contribution in [-0.2, 0) is 19.4 Å². The van der Waals surface area contributed by atoms with Crippen molar-refractivity contribution < 1.29 is 14.1 Å². The Kier molecular flexibility index (Phi) is 5.71. The molecular formula is C27H24N2O3. The summed E-state index contributed by atoms with van der Waals surface area (Å²) in [6.45, 7) is 0.394. The quantitative estimate of drug-likeness (QED) is 0.416. The maximum Gasteiger partial charge on any atom is 0.273 e. The van der Waals surface area contributed by atoms with E-state index in [1.807, 2.05) is 60.7 Å². The molecule has 1 aromatic heterocycles. The molecule has 0 aliphatic heterocycles. The molecule has 32 heavy (non-hydrogen) atoms. The number of nitrogens with zero attached hydrogens (tertiary/aromatic N) is 1. The molecule has 0 saturated carbocycles. The van der Waals surface area contributed by atoms with Crippen molar-refractivity contribution >= 4 is 5.91 Å².